The predicted octanol–water partition coefficient (Wildman–Crippen LogP) is 2.10. The van der Waals surface area contributed by atoms with Gasteiger partial charge in [-0.05, 0) is 18.2 Å². The molecule has 18 heavy (non-hydrogen) atoms. The molecule has 0 aromatic heterocycles. The lowest BCUT2D eigenvalue weighted by Gasteiger charge is -2.11. The lowest BCUT2D eigenvalue weighted by atomic mass is 10.3. The van der Waals surface area contributed by atoms with E-state index in [1.54, 1.807) is 6.07 Å². The maximum atomic E-state index is 11.8. The Labute approximate surface area is 117 Å². The minimum absolute atomic E-state index is 0.162. The second-order valence-electron chi connectivity index (χ2n) is 3.63. The van der Waals surface area contributed by atoms with E-state index in [9.17, 15) is 9.59 Å². The first kappa shape index (κ1) is 13.2. The fourth-order valence-electron chi connectivity index (χ4n) is 1.47. The van der Waals surface area contributed by atoms with Gasteiger partial charge in [-0.1, -0.05) is 15.9 Å². The van der Waals surface area contributed by atoms with Crippen molar-refractivity contribution in [3.05, 3.63) is 22.7 Å². The summed E-state index contributed by atoms with van der Waals surface area (Å²) in [7, 11) is 0. The molecule has 1 aromatic carbocycles. The molecule has 0 unspecified atom stereocenters. The van der Waals surface area contributed by atoms with Crippen LogP contribution < -0.4 is 5.73 Å². The second kappa shape index (κ2) is 5.62. The number of hydrogen-bond donors (Lipinski definition) is 1. The number of halogens is 1. The van der Waals surface area contributed by atoms with E-state index in [0.717, 1.165) is 14.3 Å². The Morgan fingerprint density at radius 3 is 3.00 bits per heavy atom. The van der Waals surface area contributed by atoms with E-state index in [-0.39, 0.29) is 18.3 Å². The summed E-state index contributed by atoms with van der Waals surface area (Å²) in [4.78, 5) is 24.9. The number of nitrogens with two attached hydrogens (primary N) is 1. The maximum absolute atomic E-state index is 11.8. The van der Waals surface area contributed by atoms with Crippen molar-refractivity contribution in [1.29, 1.82) is 0 Å². The van der Waals surface area contributed by atoms with Crippen LogP contribution >= 0.6 is 27.7 Å². The number of cyclic esters (lactones) is 1. The van der Waals surface area contributed by atoms with Crippen LogP contribution in [0.5, 0.6) is 0 Å². The molecule has 5 nitrogen and oxygen atoms in total. The molecule has 1 fully saturated rings. The summed E-state index contributed by atoms with van der Waals surface area (Å²) in [5.41, 5.74) is 6.41. The number of hydrogen-bond acceptors (Lipinski definition) is 5. The molecule has 1 heterocycles. The number of rotatable bonds is 3. The first-order chi connectivity index (χ1) is 8.58. The van der Waals surface area contributed by atoms with Gasteiger partial charge in [0.1, 0.15) is 6.61 Å². The van der Waals surface area contributed by atoms with Crippen LogP contribution in [-0.4, -0.2) is 35.8 Å². The molecular weight excluding hydrogens is 320 g/mol. The summed E-state index contributed by atoms with van der Waals surface area (Å²) in [6.07, 6.45) is -0.567. The van der Waals surface area contributed by atoms with Gasteiger partial charge in [0.15, 0.2) is 0 Å². The highest BCUT2D eigenvalue weighted by Crippen LogP contribution is 2.28. The maximum Gasteiger partial charge on any atom is 0.416 e. The largest absolute Gasteiger partial charge is 0.447 e. The number of carbonyl (C=O) groups excluding carboxylic acids is 2. The van der Waals surface area contributed by atoms with Crippen LogP contribution in [0, 0.1) is 0 Å². The standard InChI is InChI=1S/C11H11BrN2O3S/c12-7-1-2-8(13)9(5-7)18-6-10(15)14-3-4-17-11(14)16/h1-2,5H,3-4,6,13H2. The highest BCUT2D eigenvalue weighted by Gasteiger charge is 2.28. The Balaban J connectivity index is 1.97. The molecule has 1 aliphatic rings. The Hall–Kier alpha value is -1.21. The van der Waals surface area contributed by atoms with E-state index in [2.05, 4.69) is 15.9 Å². The van der Waals surface area contributed by atoms with Crippen molar-refractivity contribution in [3.63, 3.8) is 0 Å². The van der Waals surface area contributed by atoms with E-state index in [0.29, 0.717) is 12.2 Å². The molecule has 1 aliphatic heterocycles. The van der Waals surface area contributed by atoms with Crippen molar-refractivity contribution >= 4 is 45.4 Å². The molecule has 2 N–H and O–H groups in total. The summed E-state index contributed by atoms with van der Waals surface area (Å²) in [6.45, 7) is 0.598. The Morgan fingerprint density at radius 1 is 1.56 bits per heavy atom. The third kappa shape index (κ3) is 2.97. The van der Waals surface area contributed by atoms with E-state index >= 15 is 0 Å². The number of carbonyl (C=O) groups is 2. The summed E-state index contributed by atoms with van der Waals surface area (Å²) in [6, 6.07) is 5.44. The fraction of sp³-hybridized carbons (Fsp3) is 0.273. The molecule has 2 amide bonds. The van der Waals surface area contributed by atoms with Crippen molar-refractivity contribution in [2.24, 2.45) is 0 Å². The number of nitrogens with zero attached hydrogens (tertiary/aromatic N) is 1. The average Bonchev–Trinajstić information content (AvgIpc) is 2.76. The normalized spacial score (nSPS) is 14.7. The molecule has 0 bridgehead atoms. The van der Waals surface area contributed by atoms with E-state index in [1.807, 2.05) is 12.1 Å². The number of thioether (sulfide) groups is 1. The molecule has 0 radical (unpaired) electrons. The SMILES string of the molecule is Nc1ccc(Br)cc1SCC(=O)N1CCOC1=O. The monoisotopic (exact) mass is 330 g/mol. The van der Waals surface area contributed by atoms with Gasteiger partial charge in [0, 0.05) is 15.1 Å². The van der Waals surface area contributed by atoms with Gasteiger partial charge < -0.3 is 10.5 Å². The second-order valence-corrected chi connectivity index (χ2v) is 5.56. The van der Waals surface area contributed by atoms with Crippen LogP contribution in [0.1, 0.15) is 0 Å². The minimum Gasteiger partial charge on any atom is -0.447 e. The molecule has 0 aliphatic carbocycles. The summed E-state index contributed by atoms with van der Waals surface area (Å²) < 4.78 is 5.60. The van der Waals surface area contributed by atoms with Crippen LogP contribution in [0.25, 0.3) is 0 Å². The van der Waals surface area contributed by atoms with Gasteiger partial charge in [-0.15, -0.1) is 11.8 Å². The number of nitrogen functional groups attached to an aromatic ring is 1. The molecule has 1 saturated heterocycles. The van der Waals surface area contributed by atoms with Gasteiger partial charge in [-0.2, -0.15) is 0 Å². The molecule has 0 saturated carbocycles. The summed E-state index contributed by atoms with van der Waals surface area (Å²) in [5.74, 6) is -0.0997. The van der Waals surface area contributed by atoms with Crippen LogP contribution in [0.3, 0.4) is 0 Å². The van der Waals surface area contributed by atoms with Gasteiger partial charge >= 0.3 is 6.09 Å². The number of imide groups is 1. The quantitative estimate of drug-likeness (QED) is 0.678. The van der Waals surface area contributed by atoms with Crippen molar-refractivity contribution in [2.75, 3.05) is 24.6 Å². The molecule has 96 valence electrons. The van der Waals surface area contributed by atoms with E-state index in [1.165, 1.54) is 11.8 Å². The van der Waals surface area contributed by atoms with Gasteiger partial charge in [0.05, 0.1) is 12.3 Å². The average molecular weight is 331 g/mol. The minimum atomic E-state index is -0.567. The zero-order chi connectivity index (χ0) is 13.1. The van der Waals surface area contributed by atoms with Crippen molar-refractivity contribution in [3.8, 4) is 0 Å². The van der Waals surface area contributed by atoms with E-state index < -0.39 is 6.09 Å². The van der Waals surface area contributed by atoms with Gasteiger partial charge in [-0.3, -0.25) is 4.79 Å². The lowest BCUT2D eigenvalue weighted by molar-refractivity contribution is -0.124. The highest BCUT2D eigenvalue weighted by molar-refractivity contribution is 9.10. The first-order valence-electron chi connectivity index (χ1n) is 5.23. The number of anilines is 1. The predicted molar refractivity (Wildman–Crippen MR) is 72.3 cm³/mol. The molecular formula is C11H11BrN2O3S. The molecule has 1 aromatic rings. The molecule has 0 atom stereocenters. The molecule has 0 spiro atoms. The number of amides is 2. The topological polar surface area (TPSA) is 72.6 Å². The third-order valence-electron chi connectivity index (χ3n) is 2.39. The van der Waals surface area contributed by atoms with Gasteiger partial charge in [0.2, 0.25) is 5.91 Å². The van der Waals surface area contributed by atoms with E-state index in [4.69, 9.17) is 10.5 Å². The fourth-order valence-corrected chi connectivity index (χ4v) is 2.86. The smallest absolute Gasteiger partial charge is 0.416 e. The van der Waals surface area contributed by atoms with Crippen molar-refractivity contribution < 1.29 is 14.3 Å². The molecule has 7 heteroatoms. The number of ether oxygens (including phenoxy) is 1. The van der Waals surface area contributed by atoms with Crippen molar-refractivity contribution in [2.45, 2.75) is 4.90 Å². The lowest BCUT2D eigenvalue weighted by Crippen LogP contribution is -2.32. The zero-order valence-corrected chi connectivity index (χ0v) is 11.8. The van der Waals surface area contributed by atoms with Crippen LogP contribution in [0.15, 0.2) is 27.6 Å². The number of benzene rings is 1. The van der Waals surface area contributed by atoms with Crippen LogP contribution in [0.2, 0.25) is 0 Å². The highest BCUT2D eigenvalue weighted by atomic mass is 79.9. The zero-order valence-electron chi connectivity index (χ0n) is 9.39. The first-order valence-corrected chi connectivity index (χ1v) is 7.01. The van der Waals surface area contributed by atoms with Crippen LogP contribution in [-0.2, 0) is 9.53 Å². The summed E-state index contributed by atoms with van der Waals surface area (Å²) >= 11 is 4.65. The Kier molecular flexibility index (Phi) is 4.13. The van der Waals surface area contributed by atoms with Crippen LogP contribution in [0.4, 0.5) is 10.5 Å². The van der Waals surface area contributed by atoms with Gasteiger partial charge in [-0.25, -0.2) is 9.69 Å². The van der Waals surface area contributed by atoms with Crippen molar-refractivity contribution in [1.82, 2.24) is 4.90 Å². The summed E-state index contributed by atoms with van der Waals surface area (Å²) in [5, 5.41) is 0. The Morgan fingerprint density at radius 2 is 2.33 bits per heavy atom. The molecule has 2 rings (SSSR count). The van der Waals surface area contributed by atoms with Gasteiger partial charge in [0.25, 0.3) is 0 Å². The Bertz CT molecular complexity index is 495. The third-order valence-corrected chi connectivity index (χ3v) is 3.94.